The number of anilines is 1. The molecule has 3 aromatic rings. The zero-order chi connectivity index (χ0) is 20.8. The average Bonchev–Trinajstić information content (AvgIpc) is 3.17. The predicted molar refractivity (Wildman–Crippen MR) is 115 cm³/mol. The molecule has 1 heterocycles. The Balaban J connectivity index is 1.52. The van der Waals surface area contributed by atoms with Gasteiger partial charge in [-0.05, 0) is 49.6 Å². The highest BCUT2D eigenvalue weighted by Crippen LogP contribution is 2.24. The van der Waals surface area contributed by atoms with Crippen LogP contribution in [0.25, 0.3) is 11.3 Å². The number of nitrogens with one attached hydrogen (secondary N) is 1. The molecule has 1 N–H and O–H groups in total. The van der Waals surface area contributed by atoms with Crippen molar-refractivity contribution in [2.75, 3.05) is 5.32 Å². The van der Waals surface area contributed by atoms with E-state index < -0.39 is 0 Å². The van der Waals surface area contributed by atoms with E-state index in [-0.39, 0.29) is 12.0 Å². The number of amides is 1. The SMILES string of the molecule is CC(C)Oc1ccc(NC(=O)CCc2ncc(-c3ccc(C(C)C)cc3)o2)cc1. The third-order valence-electron chi connectivity index (χ3n) is 4.49. The van der Waals surface area contributed by atoms with Crippen LogP contribution in [-0.2, 0) is 11.2 Å². The number of hydrogen-bond donors (Lipinski definition) is 1. The molecular formula is C24H28N2O3. The van der Waals surface area contributed by atoms with Crippen molar-refractivity contribution < 1.29 is 13.9 Å². The van der Waals surface area contributed by atoms with Crippen LogP contribution in [-0.4, -0.2) is 17.0 Å². The van der Waals surface area contributed by atoms with Gasteiger partial charge < -0.3 is 14.5 Å². The van der Waals surface area contributed by atoms with Crippen LogP contribution in [0.4, 0.5) is 5.69 Å². The maximum atomic E-state index is 12.2. The fraction of sp³-hybridized carbons (Fsp3) is 0.333. The highest BCUT2D eigenvalue weighted by molar-refractivity contribution is 5.90. The summed E-state index contributed by atoms with van der Waals surface area (Å²) < 4.78 is 11.4. The lowest BCUT2D eigenvalue weighted by Gasteiger charge is -2.10. The highest BCUT2D eigenvalue weighted by atomic mass is 16.5. The van der Waals surface area contributed by atoms with Crippen LogP contribution >= 0.6 is 0 Å². The van der Waals surface area contributed by atoms with Gasteiger partial charge in [0.05, 0.1) is 12.3 Å². The minimum absolute atomic E-state index is 0.0800. The van der Waals surface area contributed by atoms with Gasteiger partial charge in [0.25, 0.3) is 0 Å². The first-order chi connectivity index (χ1) is 13.9. The van der Waals surface area contributed by atoms with E-state index in [9.17, 15) is 4.79 Å². The first-order valence-electron chi connectivity index (χ1n) is 10.0. The Morgan fingerprint density at radius 1 is 1.03 bits per heavy atom. The molecule has 0 unspecified atom stereocenters. The molecule has 1 amide bonds. The highest BCUT2D eigenvalue weighted by Gasteiger charge is 2.10. The molecule has 1 aromatic heterocycles. The predicted octanol–water partition coefficient (Wildman–Crippen LogP) is 5.82. The van der Waals surface area contributed by atoms with Gasteiger partial charge in [0.15, 0.2) is 11.7 Å². The molecule has 152 valence electrons. The average molecular weight is 392 g/mol. The molecule has 0 bridgehead atoms. The molecule has 0 aliphatic rings. The van der Waals surface area contributed by atoms with Gasteiger partial charge in [0, 0.05) is 24.1 Å². The number of nitrogens with zero attached hydrogens (tertiary/aromatic N) is 1. The molecule has 0 aliphatic heterocycles. The van der Waals surface area contributed by atoms with Crippen LogP contribution in [0, 0.1) is 0 Å². The summed E-state index contributed by atoms with van der Waals surface area (Å²) in [7, 11) is 0. The van der Waals surface area contributed by atoms with E-state index in [4.69, 9.17) is 9.15 Å². The lowest BCUT2D eigenvalue weighted by molar-refractivity contribution is -0.116. The van der Waals surface area contributed by atoms with E-state index in [1.54, 1.807) is 6.20 Å². The Hall–Kier alpha value is -3.08. The zero-order valence-electron chi connectivity index (χ0n) is 17.4. The van der Waals surface area contributed by atoms with Crippen LogP contribution in [0.2, 0.25) is 0 Å². The molecule has 0 aliphatic carbocycles. The monoisotopic (exact) mass is 392 g/mol. The molecule has 3 rings (SSSR count). The maximum absolute atomic E-state index is 12.2. The summed E-state index contributed by atoms with van der Waals surface area (Å²) in [5, 5.41) is 2.88. The van der Waals surface area contributed by atoms with Crippen molar-refractivity contribution in [2.45, 2.75) is 52.6 Å². The molecule has 5 nitrogen and oxygen atoms in total. The van der Waals surface area contributed by atoms with Gasteiger partial charge in [0.1, 0.15) is 5.75 Å². The number of benzene rings is 2. The van der Waals surface area contributed by atoms with Gasteiger partial charge in [-0.3, -0.25) is 4.79 Å². The third kappa shape index (κ3) is 5.95. The van der Waals surface area contributed by atoms with E-state index in [1.807, 2.05) is 50.2 Å². The van der Waals surface area contributed by atoms with Gasteiger partial charge in [0.2, 0.25) is 5.91 Å². The van der Waals surface area contributed by atoms with Crippen molar-refractivity contribution in [1.29, 1.82) is 0 Å². The molecule has 0 saturated carbocycles. The summed E-state index contributed by atoms with van der Waals surface area (Å²) in [6.45, 7) is 8.29. The third-order valence-corrected chi connectivity index (χ3v) is 4.49. The number of aromatic nitrogens is 1. The number of rotatable bonds is 8. The number of hydrogen-bond acceptors (Lipinski definition) is 4. The second-order valence-electron chi connectivity index (χ2n) is 7.63. The fourth-order valence-electron chi connectivity index (χ4n) is 2.92. The smallest absolute Gasteiger partial charge is 0.224 e. The number of carbonyl (C=O) groups is 1. The summed E-state index contributed by atoms with van der Waals surface area (Å²) in [5.41, 5.74) is 3.01. The minimum atomic E-state index is -0.0800. The standard InChI is InChI=1S/C24H28N2O3/c1-16(2)18-5-7-19(8-6-18)22-15-25-24(29-22)14-13-23(27)26-20-9-11-21(12-10-20)28-17(3)4/h5-12,15-17H,13-14H2,1-4H3,(H,26,27). The van der Waals surface area contributed by atoms with Gasteiger partial charge in [-0.1, -0.05) is 38.1 Å². The van der Waals surface area contributed by atoms with E-state index in [2.05, 4.69) is 36.3 Å². The van der Waals surface area contributed by atoms with Crippen LogP contribution in [0.3, 0.4) is 0 Å². The van der Waals surface area contributed by atoms with Crippen molar-refractivity contribution in [3.8, 4) is 17.1 Å². The summed E-state index contributed by atoms with van der Waals surface area (Å²) in [6.07, 6.45) is 2.58. The van der Waals surface area contributed by atoms with E-state index in [0.717, 1.165) is 22.8 Å². The first kappa shape index (κ1) is 20.6. The molecule has 0 radical (unpaired) electrons. The zero-order valence-corrected chi connectivity index (χ0v) is 17.4. The number of oxazole rings is 1. The summed E-state index contributed by atoms with van der Waals surface area (Å²) in [5.74, 6) is 2.47. The largest absolute Gasteiger partial charge is 0.491 e. The summed E-state index contributed by atoms with van der Waals surface area (Å²) in [6, 6.07) is 15.7. The molecule has 0 fully saturated rings. The molecule has 0 atom stereocenters. The quantitative estimate of drug-likeness (QED) is 0.524. The van der Waals surface area contributed by atoms with Crippen molar-refractivity contribution in [3.05, 3.63) is 66.2 Å². The lowest BCUT2D eigenvalue weighted by Crippen LogP contribution is -2.12. The Bertz CT molecular complexity index is 926. The minimum Gasteiger partial charge on any atom is -0.491 e. The van der Waals surface area contributed by atoms with Crippen LogP contribution < -0.4 is 10.1 Å². The molecule has 0 saturated heterocycles. The van der Waals surface area contributed by atoms with E-state index in [0.29, 0.717) is 24.7 Å². The molecule has 29 heavy (non-hydrogen) atoms. The molecule has 0 spiro atoms. The van der Waals surface area contributed by atoms with Gasteiger partial charge in [-0.25, -0.2) is 4.98 Å². The van der Waals surface area contributed by atoms with Crippen LogP contribution in [0.5, 0.6) is 5.75 Å². The molecular weight excluding hydrogens is 364 g/mol. The second kappa shape index (κ2) is 9.41. The lowest BCUT2D eigenvalue weighted by atomic mass is 10.0. The second-order valence-corrected chi connectivity index (χ2v) is 7.63. The van der Waals surface area contributed by atoms with Crippen LogP contribution in [0.15, 0.2) is 59.1 Å². The topological polar surface area (TPSA) is 64.4 Å². The molecule has 5 heteroatoms. The summed E-state index contributed by atoms with van der Waals surface area (Å²) >= 11 is 0. The van der Waals surface area contributed by atoms with Gasteiger partial charge in [-0.15, -0.1) is 0 Å². The number of carbonyl (C=O) groups excluding carboxylic acids is 1. The number of aryl methyl sites for hydroxylation is 1. The van der Waals surface area contributed by atoms with E-state index >= 15 is 0 Å². The normalized spacial score (nSPS) is 11.1. The fourth-order valence-corrected chi connectivity index (χ4v) is 2.92. The Morgan fingerprint density at radius 2 is 1.72 bits per heavy atom. The van der Waals surface area contributed by atoms with Crippen LogP contribution in [0.1, 0.15) is 51.5 Å². The first-order valence-corrected chi connectivity index (χ1v) is 10.0. The Morgan fingerprint density at radius 3 is 2.34 bits per heavy atom. The van der Waals surface area contributed by atoms with Crippen molar-refractivity contribution >= 4 is 11.6 Å². The van der Waals surface area contributed by atoms with Crippen molar-refractivity contribution in [1.82, 2.24) is 4.98 Å². The number of ether oxygens (including phenoxy) is 1. The maximum Gasteiger partial charge on any atom is 0.224 e. The van der Waals surface area contributed by atoms with Gasteiger partial charge in [-0.2, -0.15) is 0 Å². The van der Waals surface area contributed by atoms with Crippen molar-refractivity contribution in [2.24, 2.45) is 0 Å². The van der Waals surface area contributed by atoms with Gasteiger partial charge >= 0.3 is 0 Å². The molecule has 2 aromatic carbocycles. The van der Waals surface area contributed by atoms with E-state index in [1.165, 1.54) is 5.56 Å². The summed E-state index contributed by atoms with van der Waals surface area (Å²) in [4.78, 5) is 16.5. The Kier molecular flexibility index (Phi) is 6.70. The Labute approximate surface area is 172 Å². The van der Waals surface area contributed by atoms with Crippen molar-refractivity contribution in [3.63, 3.8) is 0 Å².